The molecule has 2 aromatic rings. The van der Waals surface area contributed by atoms with Gasteiger partial charge in [-0.2, -0.15) is 0 Å². The summed E-state index contributed by atoms with van der Waals surface area (Å²) in [6, 6.07) is 15.9. The van der Waals surface area contributed by atoms with Crippen LogP contribution in [0.2, 0.25) is 0 Å². The molecule has 0 N–H and O–H groups in total. The molecule has 6 aliphatic carbocycles. The van der Waals surface area contributed by atoms with Gasteiger partial charge >= 0.3 is 0 Å². The molecule has 0 heterocycles. The molecular weight excluding hydrogens is 464 g/mol. The highest BCUT2D eigenvalue weighted by Gasteiger charge is 2.39. The van der Waals surface area contributed by atoms with E-state index in [1.165, 1.54) is 22.3 Å². The number of hydrogen-bond acceptors (Lipinski definition) is 2. The molecule has 6 aliphatic rings. The summed E-state index contributed by atoms with van der Waals surface area (Å²) < 4.78 is 0. The second-order valence-electron chi connectivity index (χ2n) is 10.7. The fourth-order valence-corrected chi connectivity index (χ4v) is 7.09. The van der Waals surface area contributed by atoms with Gasteiger partial charge < -0.3 is 0 Å². The summed E-state index contributed by atoms with van der Waals surface area (Å²) in [5.74, 6) is 0.227. The molecule has 0 aromatic heterocycles. The maximum absolute atomic E-state index is 13.7. The highest BCUT2D eigenvalue weighted by atomic mass is 16.1. The van der Waals surface area contributed by atoms with E-state index >= 15 is 0 Å². The second kappa shape index (κ2) is 7.72. The van der Waals surface area contributed by atoms with Crippen LogP contribution in [-0.4, -0.2) is 11.6 Å². The van der Waals surface area contributed by atoms with E-state index in [-0.39, 0.29) is 17.5 Å². The Labute approximate surface area is 221 Å². The third kappa shape index (κ3) is 2.78. The molecule has 0 amide bonds. The normalized spacial score (nSPS) is 22.6. The van der Waals surface area contributed by atoms with E-state index < -0.39 is 0 Å². The molecule has 1 atom stereocenters. The Hall–Kier alpha value is -4.56. The molecule has 8 rings (SSSR count). The van der Waals surface area contributed by atoms with Gasteiger partial charge in [-0.25, -0.2) is 0 Å². The van der Waals surface area contributed by atoms with Crippen molar-refractivity contribution in [2.75, 3.05) is 0 Å². The Balaban J connectivity index is 1.40. The van der Waals surface area contributed by atoms with Gasteiger partial charge in [-0.05, 0) is 64.3 Å². The van der Waals surface area contributed by atoms with Crippen molar-refractivity contribution < 1.29 is 9.59 Å². The van der Waals surface area contributed by atoms with Gasteiger partial charge in [0, 0.05) is 28.2 Å². The Morgan fingerprint density at radius 2 is 1.34 bits per heavy atom. The first-order valence-electron chi connectivity index (χ1n) is 13.3. The first-order valence-corrected chi connectivity index (χ1v) is 13.3. The van der Waals surface area contributed by atoms with E-state index in [2.05, 4.69) is 55.5 Å². The Morgan fingerprint density at radius 1 is 0.658 bits per heavy atom. The van der Waals surface area contributed by atoms with Crippen molar-refractivity contribution >= 4 is 22.7 Å². The summed E-state index contributed by atoms with van der Waals surface area (Å²) in [5.41, 5.74) is 14.7. The standard InChI is InChI=1S/C36H24O2/c1-20-23-17-18-27-25-9-3-5-11-29(25)36(38)31-16-13-21(33(20)34(27)31)7-6-12-30-32-19-22(23)14-15-26(32)24-8-2-4-10-28(24)35(30)37/h2-6,8-18,33H,7,19H2,1H3. The maximum Gasteiger partial charge on any atom is 0.193 e. The number of rotatable bonds is 0. The van der Waals surface area contributed by atoms with E-state index in [0.717, 1.165) is 62.1 Å². The predicted octanol–water partition coefficient (Wildman–Crippen LogP) is 7.87. The van der Waals surface area contributed by atoms with Crippen LogP contribution in [0.5, 0.6) is 0 Å². The zero-order valence-corrected chi connectivity index (χ0v) is 21.0. The summed E-state index contributed by atoms with van der Waals surface area (Å²) in [4.78, 5) is 27.3. The van der Waals surface area contributed by atoms with Crippen LogP contribution in [0.4, 0.5) is 0 Å². The van der Waals surface area contributed by atoms with Crippen molar-refractivity contribution in [2.45, 2.75) is 19.8 Å². The van der Waals surface area contributed by atoms with Crippen molar-refractivity contribution in [2.24, 2.45) is 5.92 Å². The maximum atomic E-state index is 13.7. The van der Waals surface area contributed by atoms with Crippen LogP contribution in [0, 0.1) is 5.92 Å². The van der Waals surface area contributed by atoms with Gasteiger partial charge in [0.1, 0.15) is 0 Å². The minimum absolute atomic E-state index is 0.0197. The minimum Gasteiger partial charge on any atom is -0.289 e. The van der Waals surface area contributed by atoms with Gasteiger partial charge in [-0.1, -0.05) is 108 Å². The van der Waals surface area contributed by atoms with Crippen LogP contribution in [0.25, 0.3) is 11.1 Å². The number of Topliss-reactive ketones (excluding diaryl/α,β-unsaturated/α-hetero) is 2. The van der Waals surface area contributed by atoms with Crippen LogP contribution in [-0.2, 0) is 0 Å². The van der Waals surface area contributed by atoms with Crippen LogP contribution in [0.1, 0.15) is 51.6 Å². The van der Waals surface area contributed by atoms with Crippen LogP contribution >= 0.6 is 0 Å². The van der Waals surface area contributed by atoms with Gasteiger partial charge in [0.25, 0.3) is 0 Å². The lowest BCUT2D eigenvalue weighted by Crippen LogP contribution is -2.24. The lowest BCUT2D eigenvalue weighted by molar-refractivity contribution is 0.102. The fraction of sp³-hybridized carbons (Fsp3) is 0.111. The Bertz CT molecular complexity index is 1830. The number of hydrogen-bond donors (Lipinski definition) is 0. The lowest BCUT2D eigenvalue weighted by Gasteiger charge is -2.33. The molecule has 180 valence electrons. The largest absolute Gasteiger partial charge is 0.289 e. The Morgan fingerprint density at radius 3 is 2.16 bits per heavy atom. The zero-order valence-electron chi connectivity index (χ0n) is 21.0. The highest BCUT2D eigenvalue weighted by Crippen LogP contribution is 2.51. The monoisotopic (exact) mass is 488 g/mol. The van der Waals surface area contributed by atoms with Crippen LogP contribution in [0.3, 0.4) is 0 Å². The third-order valence-electron chi connectivity index (χ3n) is 8.84. The number of allylic oxidation sites excluding steroid dienone is 18. The van der Waals surface area contributed by atoms with Crippen molar-refractivity contribution in [3.05, 3.63) is 164 Å². The van der Waals surface area contributed by atoms with Crippen molar-refractivity contribution in [1.29, 1.82) is 0 Å². The molecule has 4 bridgehead atoms. The van der Waals surface area contributed by atoms with Gasteiger partial charge in [0.05, 0.1) is 0 Å². The van der Waals surface area contributed by atoms with Crippen molar-refractivity contribution in [3.8, 4) is 0 Å². The zero-order chi connectivity index (χ0) is 25.5. The molecular formula is C36H24O2. The molecule has 2 nitrogen and oxygen atoms in total. The topological polar surface area (TPSA) is 34.1 Å². The van der Waals surface area contributed by atoms with E-state index in [9.17, 15) is 9.59 Å². The van der Waals surface area contributed by atoms with Gasteiger partial charge in [-0.3, -0.25) is 9.59 Å². The molecule has 0 fully saturated rings. The van der Waals surface area contributed by atoms with E-state index in [1.54, 1.807) is 0 Å². The quantitative estimate of drug-likeness (QED) is 0.378. The first kappa shape index (κ1) is 21.5. The molecule has 38 heavy (non-hydrogen) atoms. The molecule has 0 saturated heterocycles. The summed E-state index contributed by atoms with van der Waals surface area (Å²) in [6.07, 6.45) is 18.7. The van der Waals surface area contributed by atoms with Crippen molar-refractivity contribution in [1.82, 2.24) is 0 Å². The van der Waals surface area contributed by atoms with Gasteiger partial charge in [0.15, 0.2) is 11.6 Å². The van der Waals surface area contributed by atoms with Crippen LogP contribution < -0.4 is 0 Å². The smallest absolute Gasteiger partial charge is 0.193 e. The summed E-state index contributed by atoms with van der Waals surface area (Å²) in [6.45, 7) is 2.22. The predicted molar refractivity (Wildman–Crippen MR) is 151 cm³/mol. The van der Waals surface area contributed by atoms with Crippen molar-refractivity contribution in [3.63, 3.8) is 0 Å². The van der Waals surface area contributed by atoms with E-state index in [1.807, 2.05) is 48.6 Å². The first-order chi connectivity index (χ1) is 18.6. The summed E-state index contributed by atoms with van der Waals surface area (Å²) in [7, 11) is 0. The van der Waals surface area contributed by atoms with Gasteiger partial charge in [0.2, 0.25) is 0 Å². The lowest BCUT2D eigenvalue weighted by atomic mass is 9.69. The van der Waals surface area contributed by atoms with Gasteiger partial charge in [-0.15, -0.1) is 0 Å². The molecule has 1 unspecified atom stereocenters. The van der Waals surface area contributed by atoms with E-state index in [0.29, 0.717) is 6.42 Å². The number of fused-ring (bicyclic) bond motifs is 6. The average molecular weight is 489 g/mol. The Kier molecular flexibility index (Phi) is 4.37. The molecule has 2 heteroatoms. The third-order valence-corrected chi connectivity index (χ3v) is 8.84. The number of carbonyl (C=O) groups is 2. The molecule has 0 radical (unpaired) electrons. The highest BCUT2D eigenvalue weighted by molar-refractivity contribution is 6.20. The number of carbonyl (C=O) groups excluding carboxylic acids is 2. The summed E-state index contributed by atoms with van der Waals surface area (Å²) >= 11 is 0. The van der Waals surface area contributed by atoms with Crippen LogP contribution in [0.15, 0.2) is 142 Å². The SMILES string of the molecule is CC1=C2C=CC3=C4C(=CC=C(CC=CC5=C6CC2=CC=C6c2ccccc2C5=O)C14)C(=O)c1ccccc13. The van der Waals surface area contributed by atoms with E-state index in [4.69, 9.17) is 0 Å². The average Bonchev–Trinajstić information content (AvgIpc) is 3.11. The second-order valence-corrected chi connectivity index (χ2v) is 10.7. The summed E-state index contributed by atoms with van der Waals surface area (Å²) in [5, 5.41) is 0. The molecule has 0 aliphatic heterocycles. The molecule has 0 spiro atoms. The molecule has 0 saturated carbocycles. The number of benzene rings is 2. The minimum atomic E-state index is 0.0197. The fourth-order valence-electron chi connectivity index (χ4n) is 7.09. The molecule has 2 aromatic carbocycles. The number of ketones is 2.